The van der Waals surface area contributed by atoms with Crippen molar-refractivity contribution in [2.75, 3.05) is 0 Å². The van der Waals surface area contributed by atoms with Gasteiger partial charge >= 0.3 is 5.97 Å². The second-order valence-corrected chi connectivity index (χ2v) is 9.39. The Hall–Kier alpha value is -1.05. The first-order chi connectivity index (χ1) is 11.2. The summed E-state index contributed by atoms with van der Waals surface area (Å²) in [5, 5.41) is 0. The molecule has 0 heterocycles. The molecule has 0 spiro atoms. The van der Waals surface area contributed by atoms with Crippen LogP contribution in [0.5, 0.6) is 0 Å². The van der Waals surface area contributed by atoms with Crippen LogP contribution >= 0.6 is 0 Å². The average Bonchev–Trinajstić information content (AvgIpc) is 2.68. The van der Waals surface area contributed by atoms with Crippen LogP contribution in [0.2, 0.25) is 0 Å². The van der Waals surface area contributed by atoms with Crippen LogP contribution in [0.4, 0.5) is 0 Å². The Morgan fingerprint density at radius 3 is 2.62 bits per heavy atom. The lowest BCUT2D eigenvalue weighted by atomic mass is 9.51. The summed E-state index contributed by atoms with van der Waals surface area (Å²) in [5.41, 5.74) is 3.56. The van der Waals surface area contributed by atoms with Crippen LogP contribution in [0.1, 0.15) is 73.6 Å². The van der Waals surface area contributed by atoms with Gasteiger partial charge in [0.15, 0.2) is 0 Å². The van der Waals surface area contributed by atoms with Gasteiger partial charge in [0.1, 0.15) is 6.10 Å². The molecule has 3 rings (SSSR count). The van der Waals surface area contributed by atoms with Gasteiger partial charge in [-0.1, -0.05) is 44.9 Å². The second-order valence-electron chi connectivity index (χ2n) is 9.39. The molecule has 0 saturated heterocycles. The van der Waals surface area contributed by atoms with Crippen LogP contribution in [0.3, 0.4) is 0 Å². The lowest BCUT2D eigenvalue weighted by Gasteiger charge is -2.54. The molecule has 134 valence electrons. The van der Waals surface area contributed by atoms with Gasteiger partial charge in [0.05, 0.1) is 0 Å². The lowest BCUT2D eigenvalue weighted by molar-refractivity contribution is -0.154. The van der Waals surface area contributed by atoms with Crippen LogP contribution in [-0.4, -0.2) is 12.1 Å². The summed E-state index contributed by atoms with van der Waals surface area (Å²) in [5.74, 6) is 1.63. The van der Waals surface area contributed by atoms with Crippen molar-refractivity contribution in [2.24, 2.45) is 28.6 Å². The van der Waals surface area contributed by atoms with E-state index in [9.17, 15) is 4.79 Å². The molecule has 0 amide bonds. The average molecular weight is 331 g/mol. The number of carbonyl (C=O) groups is 1. The van der Waals surface area contributed by atoms with Crippen molar-refractivity contribution in [3.63, 3.8) is 0 Å². The Morgan fingerprint density at radius 2 is 2.00 bits per heavy atom. The first kappa shape index (κ1) is 17.8. The summed E-state index contributed by atoms with van der Waals surface area (Å²) in [6.07, 6.45) is 10.9. The number of esters is 1. The fourth-order valence-electron chi connectivity index (χ4n) is 5.72. The zero-order chi connectivity index (χ0) is 17.7. The largest absolute Gasteiger partial charge is 0.458 e. The zero-order valence-electron chi connectivity index (χ0n) is 16.3. The molecule has 0 aromatic carbocycles. The van der Waals surface area contributed by atoms with Crippen molar-refractivity contribution < 1.29 is 9.53 Å². The Labute approximate surface area is 147 Å². The fraction of sp³-hybridized carbons (Fsp3) is 0.773. The van der Waals surface area contributed by atoms with E-state index in [1.165, 1.54) is 25.7 Å². The summed E-state index contributed by atoms with van der Waals surface area (Å²) in [4.78, 5) is 11.7. The summed E-state index contributed by atoms with van der Waals surface area (Å²) in [6, 6.07) is 0. The molecular weight excluding hydrogens is 296 g/mol. The number of allylic oxidation sites excluding steroid dienone is 3. The Kier molecular flexibility index (Phi) is 4.47. The van der Waals surface area contributed by atoms with Gasteiger partial charge in [-0.15, -0.1) is 0 Å². The number of fused-ring (bicyclic) bond motifs is 3. The molecule has 0 radical (unpaired) electrons. The van der Waals surface area contributed by atoms with Gasteiger partial charge in [-0.25, -0.2) is 0 Å². The Balaban J connectivity index is 2.01. The van der Waals surface area contributed by atoms with Crippen LogP contribution in [0, 0.1) is 28.6 Å². The van der Waals surface area contributed by atoms with E-state index >= 15 is 0 Å². The van der Waals surface area contributed by atoms with Crippen LogP contribution in [0.15, 0.2) is 23.3 Å². The molecule has 1 fully saturated rings. The van der Waals surface area contributed by atoms with Crippen molar-refractivity contribution in [3.8, 4) is 0 Å². The minimum atomic E-state index is -0.145. The second kappa shape index (κ2) is 6.04. The highest BCUT2D eigenvalue weighted by molar-refractivity contribution is 5.66. The zero-order valence-corrected chi connectivity index (χ0v) is 16.3. The highest BCUT2D eigenvalue weighted by atomic mass is 16.5. The number of carbonyl (C=O) groups excluding carboxylic acids is 1. The first-order valence-corrected chi connectivity index (χ1v) is 9.72. The predicted octanol–water partition coefficient (Wildman–Crippen LogP) is 5.68. The van der Waals surface area contributed by atoms with Crippen LogP contribution < -0.4 is 0 Å². The van der Waals surface area contributed by atoms with Gasteiger partial charge < -0.3 is 4.74 Å². The fourth-order valence-corrected chi connectivity index (χ4v) is 5.72. The van der Waals surface area contributed by atoms with Gasteiger partial charge in [-0.05, 0) is 68.3 Å². The standard InChI is InChI=1S/C22H34O2/c1-14(2)17-13-19(24-16(4)23)22(6)12-11-21(5)10-9-15(3)7-8-18(21)20(17)22/h9,13-14,18-20H,7-8,10-12H2,1-6H3/t18?,19-,20+,21+,22+/m1/s1. The summed E-state index contributed by atoms with van der Waals surface area (Å²) >= 11 is 0. The third-order valence-corrected chi connectivity index (χ3v) is 7.32. The van der Waals surface area contributed by atoms with E-state index in [1.54, 1.807) is 18.1 Å². The van der Waals surface area contributed by atoms with E-state index in [2.05, 4.69) is 46.8 Å². The summed E-state index contributed by atoms with van der Waals surface area (Å²) in [6.45, 7) is 13.3. The van der Waals surface area contributed by atoms with E-state index in [1.807, 2.05) is 0 Å². The normalized spacial score (nSPS) is 41.9. The minimum absolute atomic E-state index is 0.0424. The van der Waals surface area contributed by atoms with E-state index in [0.29, 0.717) is 23.2 Å². The maximum atomic E-state index is 11.7. The highest BCUT2D eigenvalue weighted by Gasteiger charge is 2.59. The van der Waals surface area contributed by atoms with Crippen molar-refractivity contribution in [2.45, 2.75) is 79.8 Å². The SMILES string of the molecule is CC(=O)O[C@@H]1C=C(C(C)C)[C@H]2C3CCC(C)=CC[C@@]3(C)CC[C@@]12C. The number of hydrogen-bond acceptors (Lipinski definition) is 2. The van der Waals surface area contributed by atoms with Crippen molar-refractivity contribution in [1.29, 1.82) is 0 Å². The molecule has 1 unspecified atom stereocenters. The van der Waals surface area contributed by atoms with E-state index in [4.69, 9.17) is 4.74 Å². The molecule has 0 N–H and O–H groups in total. The molecule has 2 nitrogen and oxygen atoms in total. The van der Waals surface area contributed by atoms with Gasteiger partial charge in [0.2, 0.25) is 0 Å². The van der Waals surface area contributed by atoms with E-state index < -0.39 is 0 Å². The van der Waals surface area contributed by atoms with E-state index in [-0.39, 0.29) is 17.5 Å². The number of hydrogen-bond donors (Lipinski definition) is 0. The third-order valence-electron chi connectivity index (χ3n) is 7.32. The number of rotatable bonds is 2. The lowest BCUT2D eigenvalue weighted by Crippen LogP contribution is -2.49. The Bertz CT molecular complexity index is 585. The van der Waals surface area contributed by atoms with Crippen molar-refractivity contribution in [3.05, 3.63) is 23.3 Å². The monoisotopic (exact) mass is 330 g/mol. The molecular formula is C22H34O2. The van der Waals surface area contributed by atoms with Crippen LogP contribution in [0.25, 0.3) is 0 Å². The molecule has 1 saturated carbocycles. The van der Waals surface area contributed by atoms with Gasteiger partial charge in [0, 0.05) is 12.3 Å². The van der Waals surface area contributed by atoms with Crippen molar-refractivity contribution in [1.82, 2.24) is 0 Å². The van der Waals surface area contributed by atoms with Gasteiger partial charge in [0.25, 0.3) is 0 Å². The predicted molar refractivity (Wildman–Crippen MR) is 98.5 cm³/mol. The maximum absolute atomic E-state index is 11.7. The van der Waals surface area contributed by atoms with E-state index in [0.717, 1.165) is 6.42 Å². The molecule has 3 aliphatic carbocycles. The molecule has 0 aliphatic heterocycles. The smallest absolute Gasteiger partial charge is 0.303 e. The van der Waals surface area contributed by atoms with Crippen molar-refractivity contribution >= 4 is 5.97 Å². The number of ether oxygens (including phenoxy) is 1. The third kappa shape index (κ3) is 2.76. The molecule has 0 bridgehead atoms. The van der Waals surface area contributed by atoms with Gasteiger partial charge in [-0.3, -0.25) is 4.79 Å². The molecule has 2 heteroatoms. The summed E-state index contributed by atoms with van der Waals surface area (Å²) in [7, 11) is 0. The quantitative estimate of drug-likeness (QED) is 0.481. The summed E-state index contributed by atoms with van der Waals surface area (Å²) < 4.78 is 5.80. The molecule has 0 aromatic heterocycles. The topological polar surface area (TPSA) is 26.3 Å². The molecule has 5 atom stereocenters. The van der Waals surface area contributed by atoms with Crippen LogP contribution in [-0.2, 0) is 9.53 Å². The first-order valence-electron chi connectivity index (χ1n) is 9.72. The highest BCUT2D eigenvalue weighted by Crippen LogP contribution is 2.64. The van der Waals surface area contributed by atoms with Gasteiger partial charge in [-0.2, -0.15) is 0 Å². The molecule has 3 aliphatic rings. The molecule has 0 aromatic rings. The molecule has 24 heavy (non-hydrogen) atoms. The minimum Gasteiger partial charge on any atom is -0.458 e. The Morgan fingerprint density at radius 1 is 1.29 bits per heavy atom. The maximum Gasteiger partial charge on any atom is 0.303 e.